The van der Waals surface area contributed by atoms with Crippen LogP contribution in [0.1, 0.15) is 27.5 Å². The van der Waals surface area contributed by atoms with Crippen LogP contribution in [0.2, 0.25) is 0 Å². The summed E-state index contributed by atoms with van der Waals surface area (Å²) < 4.78 is 7.02. The van der Waals surface area contributed by atoms with Gasteiger partial charge >= 0.3 is 0 Å². The van der Waals surface area contributed by atoms with Gasteiger partial charge in [0.1, 0.15) is 10.8 Å². The Morgan fingerprint density at radius 1 is 1.00 bits per heavy atom. The summed E-state index contributed by atoms with van der Waals surface area (Å²) in [6.45, 7) is 2.08. The number of hydrogen-bond donors (Lipinski definition) is 0. The Morgan fingerprint density at radius 3 is 2.50 bits per heavy atom. The van der Waals surface area contributed by atoms with Crippen LogP contribution in [0, 0.1) is 6.92 Å². The highest BCUT2D eigenvalue weighted by molar-refractivity contribution is 7.17. The molecule has 0 radical (unpaired) electrons. The molecule has 0 spiro atoms. The number of hydrogen-bond acceptors (Lipinski definition) is 5. The average Bonchev–Trinajstić information content (AvgIpc) is 3.23. The summed E-state index contributed by atoms with van der Waals surface area (Å²) in [4.78, 5) is 0.803. The summed E-state index contributed by atoms with van der Waals surface area (Å²) in [5.74, 6) is 1.67. The van der Waals surface area contributed by atoms with Crippen LogP contribution in [0.25, 0.3) is 17.1 Å². The van der Waals surface area contributed by atoms with E-state index in [4.69, 9.17) is 4.74 Å². The Balaban J connectivity index is 1.55. The quantitative estimate of drug-likeness (QED) is 0.532. The van der Waals surface area contributed by atoms with Gasteiger partial charge in [0, 0.05) is 6.42 Å². The molecule has 0 aliphatic carbocycles. The first kappa shape index (κ1) is 16.5. The zero-order valence-electron chi connectivity index (χ0n) is 14.6. The second kappa shape index (κ2) is 7.09. The third kappa shape index (κ3) is 3.50. The van der Waals surface area contributed by atoms with Crippen molar-refractivity contribution in [3.05, 3.63) is 76.1 Å². The number of ether oxygens (including phenoxy) is 1. The molecule has 6 heteroatoms. The molecule has 5 nitrogen and oxygen atoms in total. The van der Waals surface area contributed by atoms with E-state index in [2.05, 4.69) is 52.6 Å². The maximum absolute atomic E-state index is 5.20. The average molecular weight is 362 g/mol. The molecular weight excluding hydrogens is 344 g/mol. The highest BCUT2D eigenvalue weighted by atomic mass is 32.1. The van der Waals surface area contributed by atoms with Crippen molar-refractivity contribution in [1.82, 2.24) is 19.8 Å². The molecule has 2 aromatic heterocycles. The number of aromatic nitrogens is 4. The van der Waals surface area contributed by atoms with Crippen molar-refractivity contribution >= 4 is 28.4 Å². The van der Waals surface area contributed by atoms with Gasteiger partial charge in [-0.25, -0.2) is 0 Å². The molecule has 4 rings (SSSR count). The van der Waals surface area contributed by atoms with Gasteiger partial charge in [0.05, 0.1) is 7.11 Å². The van der Waals surface area contributed by atoms with Crippen LogP contribution in [-0.2, 0) is 6.42 Å². The molecule has 0 amide bonds. The van der Waals surface area contributed by atoms with Gasteiger partial charge < -0.3 is 4.74 Å². The van der Waals surface area contributed by atoms with Crippen LogP contribution >= 0.6 is 11.3 Å². The minimum Gasteiger partial charge on any atom is -0.497 e. The van der Waals surface area contributed by atoms with Crippen molar-refractivity contribution < 1.29 is 4.74 Å². The molecule has 4 aromatic rings. The van der Waals surface area contributed by atoms with E-state index in [0.29, 0.717) is 6.42 Å². The first-order valence-corrected chi connectivity index (χ1v) is 9.12. The first-order chi connectivity index (χ1) is 12.7. The van der Waals surface area contributed by atoms with Crippen molar-refractivity contribution in [1.29, 1.82) is 0 Å². The summed E-state index contributed by atoms with van der Waals surface area (Å²) >= 11 is 1.53. The van der Waals surface area contributed by atoms with Gasteiger partial charge in [-0.3, -0.25) is 0 Å². The van der Waals surface area contributed by atoms with Crippen LogP contribution in [0.5, 0.6) is 5.75 Å². The molecule has 0 unspecified atom stereocenters. The van der Waals surface area contributed by atoms with Crippen LogP contribution in [0.15, 0.2) is 48.5 Å². The maximum Gasteiger partial charge on any atom is 0.234 e. The smallest absolute Gasteiger partial charge is 0.234 e. The zero-order chi connectivity index (χ0) is 17.9. The third-order valence-electron chi connectivity index (χ3n) is 4.09. The van der Waals surface area contributed by atoms with Crippen molar-refractivity contribution in [2.75, 3.05) is 7.11 Å². The molecule has 0 fully saturated rings. The number of fused-ring (bicyclic) bond motifs is 1. The van der Waals surface area contributed by atoms with Crippen LogP contribution in [0.3, 0.4) is 0 Å². The molecule has 0 N–H and O–H groups in total. The van der Waals surface area contributed by atoms with Gasteiger partial charge in [0.2, 0.25) is 4.96 Å². The highest BCUT2D eigenvalue weighted by Gasteiger charge is 2.11. The Labute approximate surface area is 155 Å². The van der Waals surface area contributed by atoms with E-state index in [1.54, 1.807) is 7.11 Å². The lowest BCUT2D eigenvalue weighted by Crippen LogP contribution is -1.97. The Kier molecular flexibility index (Phi) is 4.50. The van der Waals surface area contributed by atoms with Crippen molar-refractivity contribution in [3.63, 3.8) is 0 Å². The van der Waals surface area contributed by atoms with Crippen molar-refractivity contribution in [3.8, 4) is 5.75 Å². The summed E-state index contributed by atoms with van der Waals surface area (Å²) in [6, 6.07) is 16.4. The molecule has 2 aromatic carbocycles. The van der Waals surface area contributed by atoms with Crippen LogP contribution in [-0.4, -0.2) is 26.9 Å². The van der Waals surface area contributed by atoms with Gasteiger partial charge in [-0.2, -0.15) is 9.61 Å². The van der Waals surface area contributed by atoms with Gasteiger partial charge in [-0.1, -0.05) is 59.4 Å². The minimum atomic E-state index is 0.677. The second-order valence-corrected chi connectivity index (χ2v) is 7.01. The molecular formula is C20H18N4OS. The van der Waals surface area contributed by atoms with Crippen LogP contribution < -0.4 is 4.74 Å². The molecule has 0 saturated carbocycles. The van der Waals surface area contributed by atoms with Gasteiger partial charge in [0.25, 0.3) is 0 Å². The first-order valence-electron chi connectivity index (χ1n) is 8.30. The lowest BCUT2D eigenvalue weighted by molar-refractivity contribution is 0.414. The second-order valence-electron chi connectivity index (χ2n) is 6.02. The predicted octanol–water partition coefficient (Wildman–Crippen LogP) is 4.26. The fraction of sp³-hybridized carbons (Fsp3) is 0.150. The maximum atomic E-state index is 5.20. The molecule has 0 saturated heterocycles. The summed E-state index contributed by atoms with van der Waals surface area (Å²) in [5, 5.41) is 14.1. The van der Waals surface area contributed by atoms with Gasteiger partial charge in [0.15, 0.2) is 5.82 Å². The van der Waals surface area contributed by atoms with Crippen molar-refractivity contribution in [2.24, 2.45) is 0 Å². The van der Waals surface area contributed by atoms with Crippen molar-refractivity contribution in [2.45, 2.75) is 13.3 Å². The third-order valence-corrected chi connectivity index (χ3v) is 4.95. The standard InChI is InChI=1S/C20H18N4OS/c1-14-3-5-15(6-4-14)9-12-19-23-24-18(21-22-20(24)26-19)13-16-7-10-17(25-2)11-8-16/h3-12H,13H2,1-2H3/b12-9+. The monoisotopic (exact) mass is 362 g/mol. The van der Waals surface area contributed by atoms with E-state index >= 15 is 0 Å². The predicted molar refractivity (Wildman–Crippen MR) is 105 cm³/mol. The summed E-state index contributed by atoms with van der Waals surface area (Å²) in [6.07, 6.45) is 4.76. The lowest BCUT2D eigenvalue weighted by atomic mass is 10.1. The molecule has 0 bridgehead atoms. The van der Waals surface area contributed by atoms with Crippen LogP contribution in [0.4, 0.5) is 0 Å². The Bertz CT molecular complexity index is 1050. The van der Waals surface area contributed by atoms with E-state index < -0.39 is 0 Å². The number of rotatable bonds is 5. The fourth-order valence-corrected chi connectivity index (χ4v) is 3.38. The minimum absolute atomic E-state index is 0.677. The molecule has 0 atom stereocenters. The molecule has 0 aliphatic heterocycles. The van der Waals surface area contributed by atoms with E-state index in [1.807, 2.05) is 34.9 Å². The lowest BCUT2D eigenvalue weighted by Gasteiger charge is -2.01. The highest BCUT2D eigenvalue weighted by Crippen LogP contribution is 2.19. The summed E-state index contributed by atoms with van der Waals surface area (Å²) in [7, 11) is 1.66. The molecule has 26 heavy (non-hydrogen) atoms. The van der Waals surface area contributed by atoms with E-state index in [9.17, 15) is 0 Å². The van der Waals surface area contributed by atoms with Gasteiger partial charge in [-0.05, 0) is 36.3 Å². The van der Waals surface area contributed by atoms with E-state index in [0.717, 1.165) is 32.7 Å². The molecule has 0 aliphatic rings. The number of nitrogens with zero attached hydrogens (tertiary/aromatic N) is 4. The number of benzene rings is 2. The Hall–Kier alpha value is -2.99. The fourth-order valence-electron chi connectivity index (χ4n) is 2.62. The van der Waals surface area contributed by atoms with E-state index in [-0.39, 0.29) is 0 Å². The summed E-state index contributed by atoms with van der Waals surface area (Å²) in [5.41, 5.74) is 3.55. The Morgan fingerprint density at radius 2 is 1.77 bits per heavy atom. The SMILES string of the molecule is COc1ccc(Cc2nnc3sc(/C=C/c4ccc(C)cc4)nn23)cc1. The molecule has 2 heterocycles. The topological polar surface area (TPSA) is 52.3 Å². The normalized spacial score (nSPS) is 11.5. The van der Waals surface area contributed by atoms with E-state index in [1.165, 1.54) is 16.9 Å². The molecule has 130 valence electrons. The van der Waals surface area contributed by atoms with Gasteiger partial charge in [-0.15, -0.1) is 10.2 Å². The number of methoxy groups -OCH3 is 1. The largest absolute Gasteiger partial charge is 0.497 e. The zero-order valence-corrected chi connectivity index (χ0v) is 15.4. The number of aryl methyl sites for hydroxylation is 1.